The van der Waals surface area contributed by atoms with Gasteiger partial charge in [-0.15, -0.1) is 10.2 Å². The smallest absolute Gasteiger partial charge is 0.235 e. The highest BCUT2D eigenvalue weighted by Crippen LogP contribution is 2.26. The molecule has 7 heteroatoms. The molecule has 0 aliphatic rings. The number of carbonyl (C=O) groups is 1. The van der Waals surface area contributed by atoms with Gasteiger partial charge < -0.3 is 15.2 Å². The SMILES string of the molecule is CCN(CC)C(=O)C(C)Sc1nnc(CN)n1C(C)C. The molecule has 1 atom stereocenters. The molecule has 0 aromatic carbocycles. The molecule has 1 heterocycles. The maximum Gasteiger partial charge on any atom is 0.235 e. The predicted molar refractivity (Wildman–Crippen MR) is 81.5 cm³/mol. The molecule has 6 nitrogen and oxygen atoms in total. The van der Waals surface area contributed by atoms with Crippen LogP contribution in [-0.2, 0) is 11.3 Å². The van der Waals surface area contributed by atoms with Gasteiger partial charge in [0.1, 0.15) is 5.82 Å². The summed E-state index contributed by atoms with van der Waals surface area (Å²) >= 11 is 1.44. The Bertz CT molecular complexity index is 442. The Morgan fingerprint density at radius 2 is 1.90 bits per heavy atom. The number of carbonyl (C=O) groups excluding carboxylic acids is 1. The minimum Gasteiger partial charge on any atom is -0.342 e. The van der Waals surface area contributed by atoms with E-state index in [1.165, 1.54) is 11.8 Å². The third-order valence-corrected chi connectivity index (χ3v) is 4.18. The summed E-state index contributed by atoms with van der Waals surface area (Å²) in [5.41, 5.74) is 5.68. The van der Waals surface area contributed by atoms with E-state index < -0.39 is 0 Å². The zero-order valence-electron chi connectivity index (χ0n) is 13.0. The molecule has 0 aliphatic heterocycles. The largest absolute Gasteiger partial charge is 0.342 e. The molecule has 0 radical (unpaired) electrons. The van der Waals surface area contributed by atoms with E-state index in [1.54, 1.807) is 0 Å². The minimum atomic E-state index is -0.178. The van der Waals surface area contributed by atoms with Gasteiger partial charge in [0.15, 0.2) is 5.16 Å². The van der Waals surface area contributed by atoms with E-state index >= 15 is 0 Å². The standard InChI is InChI=1S/C13H25N5OS/c1-6-17(7-2)12(19)10(5)20-13-16-15-11(8-14)18(13)9(3)4/h9-10H,6-8,14H2,1-5H3. The molecule has 0 fully saturated rings. The fourth-order valence-electron chi connectivity index (χ4n) is 2.05. The molecule has 1 aromatic rings. The number of amides is 1. The van der Waals surface area contributed by atoms with Gasteiger partial charge in [0.25, 0.3) is 0 Å². The molecule has 2 N–H and O–H groups in total. The average Bonchev–Trinajstić information content (AvgIpc) is 2.82. The third-order valence-electron chi connectivity index (χ3n) is 3.14. The zero-order valence-corrected chi connectivity index (χ0v) is 13.8. The fourth-order valence-corrected chi connectivity index (χ4v) is 3.13. The summed E-state index contributed by atoms with van der Waals surface area (Å²) in [7, 11) is 0. The molecule has 1 unspecified atom stereocenters. The van der Waals surface area contributed by atoms with Crippen LogP contribution in [0.3, 0.4) is 0 Å². The van der Waals surface area contributed by atoms with Gasteiger partial charge in [0.2, 0.25) is 5.91 Å². The molecule has 20 heavy (non-hydrogen) atoms. The topological polar surface area (TPSA) is 77.0 Å². The molecule has 1 amide bonds. The van der Waals surface area contributed by atoms with E-state index in [-0.39, 0.29) is 17.2 Å². The number of aromatic nitrogens is 3. The van der Waals surface area contributed by atoms with Crippen molar-refractivity contribution in [3.8, 4) is 0 Å². The Kier molecular flexibility index (Phi) is 6.48. The first-order chi connectivity index (χ1) is 9.46. The normalized spacial score (nSPS) is 12.8. The lowest BCUT2D eigenvalue weighted by Gasteiger charge is -2.22. The Balaban J connectivity index is 2.88. The second-order valence-corrected chi connectivity index (χ2v) is 6.15. The lowest BCUT2D eigenvalue weighted by atomic mass is 10.4. The van der Waals surface area contributed by atoms with Crippen LogP contribution in [0.15, 0.2) is 5.16 Å². The quantitative estimate of drug-likeness (QED) is 0.775. The van der Waals surface area contributed by atoms with Crippen LogP contribution in [0.4, 0.5) is 0 Å². The van der Waals surface area contributed by atoms with Gasteiger partial charge in [-0.25, -0.2) is 0 Å². The summed E-state index contributed by atoms with van der Waals surface area (Å²) in [4.78, 5) is 14.1. The van der Waals surface area contributed by atoms with Gasteiger partial charge in [-0.1, -0.05) is 11.8 Å². The summed E-state index contributed by atoms with van der Waals surface area (Å²) < 4.78 is 2.00. The maximum absolute atomic E-state index is 12.3. The van der Waals surface area contributed by atoms with Crippen LogP contribution in [0.5, 0.6) is 0 Å². The molecule has 0 spiro atoms. The molecule has 0 aliphatic carbocycles. The first-order valence-corrected chi connectivity index (χ1v) is 7.93. The third kappa shape index (κ3) is 3.73. The second kappa shape index (κ2) is 7.64. The minimum absolute atomic E-state index is 0.132. The van der Waals surface area contributed by atoms with Gasteiger partial charge in [0, 0.05) is 19.1 Å². The number of nitrogens with two attached hydrogens (primary N) is 1. The summed E-state index contributed by atoms with van der Waals surface area (Å²) in [6.07, 6.45) is 0. The molecule has 0 saturated heterocycles. The fraction of sp³-hybridized carbons (Fsp3) is 0.769. The average molecular weight is 299 g/mol. The van der Waals surface area contributed by atoms with Crippen LogP contribution < -0.4 is 5.73 Å². The second-order valence-electron chi connectivity index (χ2n) is 4.84. The van der Waals surface area contributed by atoms with Crippen molar-refractivity contribution in [1.82, 2.24) is 19.7 Å². The number of hydrogen-bond donors (Lipinski definition) is 1. The van der Waals surface area contributed by atoms with Crippen LogP contribution in [0, 0.1) is 0 Å². The number of hydrogen-bond acceptors (Lipinski definition) is 5. The van der Waals surface area contributed by atoms with Crippen LogP contribution in [-0.4, -0.2) is 43.9 Å². The molecule has 0 bridgehead atoms. The maximum atomic E-state index is 12.3. The van der Waals surface area contributed by atoms with Gasteiger partial charge in [-0.2, -0.15) is 0 Å². The van der Waals surface area contributed by atoms with Crippen molar-refractivity contribution in [3.63, 3.8) is 0 Å². The van der Waals surface area contributed by atoms with E-state index in [2.05, 4.69) is 24.0 Å². The van der Waals surface area contributed by atoms with Gasteiger partial charge in [-0.3, -0.25) is 4.79 Å². The first kappa shape index (κ1) is 17.0. The number of rotatable bonds is 7. The summed E-state index contributed by atoms with van der Waals surface area (Å²) in [5.74, 6) is 0.887. The Morgan fingerprint density at radius 3 is 2.35 bits per heavy atom. The van der Waals surface area contributed by atoms with E-state index in [1.807, 2.05) is 30.2 Å². The van der Waals surface area contributed by atoms with Crippen molar-refractivity contribution in [1.29, 1.82) is 0 Å². The van der Waals surface area contributed by atoms with Crippen molar-refractivity contribution in [2.75, 3.05) is 13.1 Å². The van der Waals surface area contributed by atoms with Crippen molar-refractivity contribution in [2.24, 2.45) is 5.73 Å². The lowest BCUT2D eigenvalue weighted by molar-refractivity contribution is -0.129. The van der Waals surface area contributed by atoms with Crippen molar-refractivity contribution in [2.45, 2.75) is 57.6 Å². The number of nitrogens with zero attached hydrogens (tertiary/aromatic N) is 4. The van der Waals surface area contributed by atoms with Crippen molar-refractivity contribution < 1.29 is 4.79 Å². The summed E-state index contributed by atoms with van der Waals surface area (Å²) in [5, 5.41) is 8.84. The van der Waals surface area contributed by atoms with E-state index in [0.717, 1.165) is 24.1 Å². The molecule has 1 aromatic heterocycles. The van der Waals surface area contributed by atoms with Gasteiger partial charge >= 0.3 is 0 Å². The molecular weight excluding hydrogens is 274 g/mol. The zero-order chi connectivity index (χ0) is 15.3. The first-order valence-electron chi connectivity index (χ1n) is 7.05. The van der Waals surface area contributed by atoms with Gasteiger partial charge in [-0.05, 0) is 34.6 Å². The Labute approximate surface area is 125 Å². The van der Waals surface area contributed by atoms with Crippen LogP contribution in [0.1, 0.15) is 46.5 Å². The predicted octanol–water partition coefficient (Wildman–Crippen LogP) is 1.67. The highest BCUT2D eigenvalue weighted by Gasteiger charge is 2.23. The summed E-state index contributed by atoms with van der Waals surface area (Å²) in [6.45, 7) is 11.8. The van der Waals surface area contributed by atoms with E-state index in [4.69, 9.17) is 5.73 Å². The summed E-state index contributed by atoms with van der Waals surface area (Å²) in [6, 6.07) is 0.224. The van der Waals surface area contributed by atoms with E-state index in [9.17, 15) is 4.79 Å². The molecule has 114 valence electrons. The Hall–Kier alpha value is -1.08. The monoisotopic (exact) mass is 299 g/mol. The van der Waals surface area contributed by atoms with Gasteiger partial charge in [0.05, 0.1) is 11.8 Å². The lowest BCUT2D eigenvalue weighted by Crippen LogP contribution is -2.36. The van der Waals surface area contributed by atoms with Crippen molar-refractivity contribution >= 4 is 17.7 Å². The van der Waals surface area contributed by atoms with Crippen LogP contribution >= 0.6 is 11.8 Å². The van der Waals surface area contributed by atoms with Crippen LogP contribution in [0.25, 0.3) is 0 Å². The molecule has 0 saturated carbocycles. The molecule has 1 rings (SSSR count). The van der Waals surface area contributed by atoms with E-state index in [0.29, 0.717) is 6.54 Å². The molecular formula is C13H25N5OS. The van der Waals surface area contributed by atoms with Crippen LogP contribution in [0.2, 0.25) is 0 Å². The Morgan fingerprint density at radius 1 is 1.30 bits per heavy atom. The highest BCUT2D eigenvalue weighted by molar-refractivity contribution is 8.00. The number of thioether (sulfide) groups is 1. The highest BCUT2D eigenvalue weighted by atomic mass is 32.2. The van der Waals surface area contributed by atoms with Crippen molar-refractivity contribution in [3.05, 3.63) is 5.82 Å².